The fourth-order valence-corrected chi connectivity index (χ4v) is 5.38. The average Bonchev–Trinajstić information content (AvgIpc) is 3.44. The Balaban J connectivity index is 1.44. The first-order valence-corrected chi connectivity index (χ1v) is 11.5. The van der Waals surface area contributed by atoms with Crippen LogP contribution in [-0.4, -0.2) is 27.7 Å². The van der Waals surface area contributed by atoms with Crippen LogP contribution in [0.2, 0.25) is 0 Å². The lowest BCUT2D eigenvalue weighted by Crippen LogP contribution is -2.37. The Labute approximate surface area is 197 Å². The number of anilines is 2. The van der Waals surface area contributed by atoms with Gasteiger partial charge < -0.3 is 5.32 Å². The maximum absolute atomic E-state index is 13.6. The smallest absolute Gasteiger partial charge is 0.275 e. The van der Waals surface area contributed by atoms with Crippen molar-refractivity contribution in [3.8, 4) is 0 Å². The summed E-state index contributed by atoms with van der Waals surface area (Å²) in [6.45, 7) is 1.81. The summed E-state index contributed by atoms with van der Waals surface area (Å²) in [6, 6.07) is 22.1. The molecule has 5 aromatic rings. The maximum Gasteiger partial charge on any atom is 0.275 e. The Bertz CT molecular complexity index is 1730. The number of para-hydroxylation sites is 3. The molecule has 1 N–H and O–H groups in total. The van der Waals surface area contributed by atoms with Crippen LogP contribution in [0.5, 0.6) is 0 Å². The molecule has 0 spiro atoms. The number of hydrogen-bond acceptors (Lipinski definition) is 5. The van der Waals surface area contributed by atoms with Gasteiger partial charge in [-0.1, -0.05) is 59.4 Å². The zero-order chi connectivity index (χ0) is 23.4. The van der Waals surface area contributed by atoms with Crippen molar-refractivity contribution in [3.05, 3.63) is 98.8 Å². The first-order valence-electron chi connectivity index (χ1n) is 10.7. The van der Waals surface area contributed by atoms with Crippen molar-refractivity contribution in [1.82, 2.24) is 9.38 Å². The average molecular weight is 467 g/mol. The maximum atomic E-state index is 13.6. The highest BCUT2D eigenvalue weighted by atomic mass is 32.1. The third kappa shape index (κ3) is 3.11. The highest BCUT2D eigenvalue weighted by molar-refractivity contribution is 7.15. The Kier molecular flexibility index (Phi) is 4.56. The lowest BCUT2D eigenvalue weighted by molar-refractivity contribution is -0.118. The van der Waals surface area contributed by atoms with E-state index < -0.39 is 0 Å². The van der Waals surface area contributed by atoms with E-state index in [0.29, 0.717) is 37.5 Å². The molecule has 2 amide bonds. The van der Waals surface area contributed by atoms with Gasteiger partial charge in [0.1, 0.15) is 11.1 Å². The van der Waals surface area contributed by atoms with Gasteiger partial charge in [-0.15, -0.1) is 0 Å². The van der Waals surface area contributed by atoms with E-state index >= 15 is 0 Å². The molecule has 0 aliphatic carbocycles. The molecule has 0 saturated carbocycles. The molecule has 0 bridgehead atoms. The van der Waals surface area contributed by atoms with Gasteiger partial charge in [-0.3, -0.25) is 19.3 Å². The summed E-state index contributed by atoms with van der Waals surface area (Å²) in [5, 5.41) is 2.84. The number of thiazole rings is 1. The third-order valence-corrected chi connectivity index (χ3v) is 6.95. The van der Waals surface area contributed by atoms with Crippen molar-refractivity contribution in [2.45, 2.75) is 6.92 Å². The molecule has 1 aliphatic rings. The monoisotopic (exact) mass is 466 g/mol. The van der Waals surface area contributed by atoms with Crippen molar-refractivity contribution >= 4 is 56.1 Å². The molecule has 0 atom stereocenters. The summed E-state index contributed by atoms with van der Waals surface area (Å²) in [4.78, 5) is 46.3. The lowest BCUT2D eigenvalue weighted by Gasteiger charge is -2.16. The first-order chi connectivity index (χ1) is 16.5. The Morgan fingerprint density at radius 1 is 0.971 bits per heavy atom. The zero-order valence-electron chi connectivity index (χ0n) is 18.1. The van der Waals surface area contributed by atoms with E-state index in [2.05, 4.69) is 10.3 Å². The number of aromatic nitrogens is 2. The Morgan fingerprint density at radius 3 is 2.53 bits per heavy atom. The summed E-state index contributed by atoms with van der Waals surface area (Å²) in [6.07, 6.45) is 0. The topological polar surface area (TPSA) is 83.8 Å². The van der Waals surface area contributed by atoms with Crippen molar-refractivity contribution in [3.63, 3.8) is 0 Å². The second-order valence-corrected chi connectivity index (χ2v) is 9.13. The SMILES string of the molecule is Cc1ccc(NC(=O)CN2C(=O)/C(=c3\sc4nc5ccccc5n4c3=O)c3ccccc32)cc1. The largest absolute Gasteiger partial charge is 0.325 e. The molecule has 3 heterocycles. The van der Waals surface area contributed by atoms with Crippen molar-refractivity contribution in [2.75, 3.05) is 16.8 Å². The normalized spacial score (nSPS) is 14.7. The number of nitrogens with one attached hydrogen (secondary N) is 1. The van der Waals surface area contributed by atoms with Gasteiger partial charge in [0.2, 0.25) is 5.91 Å². The molecule has 1 aliphatic heterocycles. The van der Waals surface area contributed by atoms with E-state index in [9.17, 15) is 14.4 Å². The van der Waals surface area contributed by atoms with E-state index in [1.54, 1.807) is 16.5 Å². The predicted molar refractivity (Wildman–Crippen MR) is 133 cm³/mol. The van der Waals surface area contributed by atoms with Gasteiger partial charge in [-0.05, 0) is 37.3 Å². The van der Waals surface area contributed by atoms with Gasteiger partial charge in [0, 0.05) is 11.3 Å². The molecule has 6 rings (SSSR count). The van der Waals surface area contributed by atoms with Crippen LogP contribution < -0.4 is 20.3 Å². The third-order valence-electron chi connectivity index (χ3n) is 5.91. The van der Waals surface area contributed by atoms with Crippen molar-refractivity contribution in [2.24, 2.45) is 0 Å². The van der Waals surface area contributed by atoms with Crippen LogP contribution >= 0.6 is 11.3 Å². The minimum atomic E-state index is -0.369. The van der Waals surface area contributed by atoms with Gasteiger partial charge in [-0.25, -0.2) is 9.38 Å². The number of carbonyl (C=O) groups excluding carboxylic acids is 2. The molecule has 166 valence electrons. The van der Waals surface area contributed by atoms with Crippen LogP contribution in [0.4, 0.5) is 11.4 Å². The molecule has 34 heavy (non-hydrogen) atoms. The highest BCUT2D eigenvalue weighted by Crippen LogP contribution is 2.35. The standard InChI is InChI=1S/C26H18N4O3S/c1-15-10-12-16(13-11-15)27-21(31)14-29-19-8-4-2-6-17(19)22(24(29)32)23-25(33)30-20-9-5-3-7-18(20)28-26(30)34-23/h2-13H,14H2,1H3,(H,27,31)/b23-22-. The fourth-order valence-electron chi connectivity index (χ4n) is 4.30. The second kappa shape index (κ2) is 7.64. The number of fused-ring (bicyclic) bond motifs is 4. The highest BCUT2D eigenvalue weighted by Gasteiger charge is 2.35. The summed E-state index contributed by atoms with van der Waals surface area (Å²) < 4.78 is 1.87. The van der Waals surface area contributed by atoms with Crippen LogP contribution in [0, 0.1) is 6.92 Å². The predicted octanol–water partition coefficient (Wildman–Crippen LogP) is 3.12. The summed E-state index contributed by atoms with van der Waals surface area (Å²) >= 11 is 1.19. The molecule has 0 fully saturated rings. The number of imidazole rings is 1. The molecule has 3 aromatic carbocycles. The molecule has 2 aromatic heterocycles. The number of rotatable bonds is 3. The number of nitrogens with zero attached hydrogens (tertiary/aromatic N) is 3. The van der Waals surface area contributed by atoms with E-state index in [0.717, 1.165) is 11.1 Å². The number of carbonyl (C=O) groups is 2. The Morgan fingerprint density at radius 2 is 1.71 bits per heavy atom. The number of hydrogen-bond donors (Lipinski definition) is 1. The van der Waals surface area contributed by atoms with Crippen molar-refractivity contribution in [1.29, 1.82) is 0 Å². The molecule has 7 nitrogen and oxygen atoms in total. The minimum Gasteiger partial charge on any atom is -0.325 e. The van der Waals surface area contributed by atoms with Crippen LogP contribution in [0.1, 0.15) is 11.1 Å². The molecule has 0 unspecified atom stereocenters. The number of benzene rings is 3. The fraction of sp³-hybridized carbons (Fsp3) is 0.0769. The second-order valence-electron chi connectivity index (χ2n) is 8.15. The van der Waals surface area contributed by atoms with Crippen LogP contribution in [-0.2, 0) is 9.59 Å². The van der Waals surface area contributed by atoms with Gasteiger partial charge in [0.05, 0.1) is 22.3 Å². The minimum absolute atomic E-state index is 0.160. The van der Waals surface area contributed by atoms with Gasteiger partial charge in [-0.2, -0.15) is 0 Å². The van der Waals surface area contributed by atoms with Gasteiger partial charge in [0.25, 0.3) is 11.5 Å². The zero-order valence-corrected chi connectivity index (χ0v) is 18.9. The lowest BCUT2D eigenvalue weighted by atomic mass is 10.1. The van der Waals surface area contributed by atoms with Crippen LogP contribution in [0.25, 0.3) is 21.6 Å². The number of aryl methyl sites for hydroxylation is 1. The Hall–Kier alpha value is -4.30. The van der Waals surface area contributed by atoms with E-state index in [1.807, 2.05) is 67.6 Å². The van der Waals surface area contributed by atoms with E-state index in [1.165, 1.54) is 16.2 Å². The van der Waals surface area contributed by atoms with Crippen LogP contribution in [0.15, 0.2) is 77.6 Å². The first kappa shape index (κ1) is 20.3. The summed E-state index contributed by atoms with van der Waals surface area (Å²) in [5.74, 6) is -0.686. The molecule has 8 heteroatoms. The van der Waals surface area contributed by atoms with E-state index in [-0.39, 0.29) is 23.9 Å². The van der Waals surface area contributed by atoms with E-state index in [4.69, 9.17) is 0 Å². The molecular formula is C26H18N4O3S. The molecule has 0 radical (unpaired) electrons. The van der Waals surface area contributed by atoms with Gasteiger partial charge in [0.15, 0.2) is 4.96 Å². The summed E-state index contributed by atoms with van der Waals surface area (Å²) in [5.41, 5.74) is 4.46. The van der Waals surface area contributed by atoms with Crippen LogP contribution in [0.3, 0.4) is 0 Å². The quantitative estimate of drug-likeness (QED) is 0.443. The van der Waals surface area contributed by atoms with Gasteiger partial charge >= 0.3 is 0 Å². The molecular weight excluding hydrogens is 448 g/mol. The molecule has 0 saturated heterocycles. The summed E-state index contributed by atoms with van der Waals surface area (Å²) in [7, 11) is 0. The number of amides is 2. The van der Waals surface area contributed by atoms with Crippen molar-refractivity contribution < 1.29 is 9.59 Å².